The molecule has 0 aliphatic carbocycles. The third kappa shape index (κ3) is 4.50. The molecular formula is C15H21NO3. The summed E-state index contributed by atoms with van der Waals surface area (Å²) in [4.78, 5) is 10.9. The predicted molar refractivity (Wildman–Crippen MR) is 75.1 cm³/mol. The molecule has 104 valence electrons. The van der Waals surface area contributed by atoms with Gasteiger partial charge >= 0.3 is 5.97 Å². The zero-order chi connectivity index (χ0) is 14.4. The summed E-state index contributed by atoms with van der Waals surface area (Å²) in [6.45, 7) is 7.93. The molecule has 0 aliphatic rings. The van der Waals surface area contributed by atoms with Crippen molar-refractivity contribution in [2.24, 2.45) is 0 Å². The number of aryl methyl sites for hydroxylation is 2. The molecule has 0 fully saturated rings. The fraction of sp³-hybridized carbons (Fsp3) is 0.400. The number of carboxylic acid groups (broad SMARTS) is 1. The molecule has 0 spiro atoms. The predicted octanol–water partition coefficient (Wildman–Crippen LogP) is 1.96. The standard InChI is InChI=1S/C15H21NO3/c1-4-7-16-13(9-14(17)18)15(19)12-6-5-10(2)8-11(12)3/h4-6,8,13,15-16,19H,1,7,9H2,2-3H3,(H,17,18). The molecule has 1 aromatic rings. The van der Waals surface area contributed by atoms with E-state index in [9.17, 15) is 9.90 Å². The Morgan fingerprint density at radius 3 is 2.68 bits per heavy atom. The van der Waals surface area contributed by atoms with Crippen LogP contribution in [0.1, 0.15) is 29.2 Å². The molecule has 0 aromatic heterocycles. The van der Waals surface area contributed by atoms with Crippen LogP contribution in [0.25, 0.3) is 0 Å². The molecule has 1 rings (SSSR count). The van der Waals surface area contributed by atoms with E-state index in [1.54, 1.807) is 6.08 Å². The van der Waals surface area contributed by atoms with Gasteiger partial charge in [0, 0.05) is 12.6 Å². The highest BCUT2D eigenvalue weighted by molar-refractivity contribution is 5.67. The van der Waals surface area contributed by atoms with Crippen molar-refractivity contribution >= 4 is 5.97 Å². The number of carboxylic acids is 1. The summed E-state index contributed by atoms with van der Waals surface area (Å²) in [5.41, 5.74) is 2.83. The Labute approximate surface area is 113 Å². The van der Waals surface area contributed by atoms with Crippen LogP contribution in [0.15, 0.2) is 30.9 Å². The molecule has 0 amide bonds. The first kappa shape index (κ1) is 15.4. The van der Waals surface area contributed by atoms with Crippen LogP contribution in [0.3, 0.4) is 0 Å². The summed E-state index contributed by atoms with van der Waals surface area (Å²) < 4.78 is 0. The maximum absolute atomic E-state index is 10.9. The largest absolute Gasteiger partial charge is 0.481 e. The van der Waals surface area contributed by atoms with E-state index in [1.807, 2.05) is 32.0 Å². The Balaban J connectivity index is 2.93. The topological polar surface area (TPSA) is 69.6 Å². The normalized spacial score (nSPS) is 13.8. The van der Waals surface area contributed by atoms with Crippen molar-refractivity contribution in [1.82, 2.24) is 5.32 Å². The lowest BCUT2D eigenvalue weighted by Crippen LogP contribution is -2.37. The number of benzene rings is 1. The van der Waals surface area contributed by atoms with Crippen LogP contribution >= 0.6 is 0 Å². The molecule has 0 aliphatic heterocycles. The zero-order valence-corrected chi connectivity index (χ0v) is 11.4. The summed E-state index contributed by atoms with van der Waals surface area (Å²) in [6.07, 6.45) is 0.656. The highest BCUT2D eigenvalue weighted by Gasteiger charge is 2.23. The number of aliphatic hydroxyl groups excluding tert-OH is 1. The first-order chi connectivity index (χ1) is 8.95. The van der Waals surface area contributed by atoms with Gasteiger partial charge in [0.25, 0.3) is 0 Å². The first-order valence-corrected chi connectivity index (χ1v) is 6.27. The molecule has 0 saturated carbocycles. The van der Waals surface area contributed by atoms with Crippen molar-refractivity contribution in [3.05, 3.63) is 47.5 Å². The number of aliphatic hydroxyl groups is 1. The number of hydrogen-bond donors (Lipinski definition) is 3. The van der Waals surface area contributed by atoms with Gasteiger partial charge in [-0.15, -0.1) is 6.58 Å². The highest BCUT2D eigenvalue weighted by Crippen LogP contribution is 2.23. The number of carbonyl (C=O) groups is 1. The molecule has 0 saturated heterocycles. The van der Waals surface area contributed by atoms with Gasteiger partial charge < -0.3 is 15.5 Å². The van der Waals surface area contributed by atoms with Crippen molar-refractivity contribution in [3.8, 4) is 0 Å². The van der Waals surface area contributed by atoms with Crippen LogP contribution in [-0.4, -0.2) is 28.8 Å². The second-order valence-electron chi connectivity index (χ2n) is 4.71. The molecule has 4 nitrogen and oxygen atoms in total. The van der Waals surface area contributed by atoms with E-state index in [-0.39, 0.29) is 6.42 Å². The molecule has 0 bridgehead atoms. The molecular weight excluding hydrogens is 242 g/mol. The van der Waals surface area contributed by atoms with Gasteiger partial charge in [0.05, 0.1) is 12.5 Å². The average Bonchev–Trinajstić information content (AvgIpc) is 2.33. The highest BCUT2D eigenvalue weighted by atomic mass is 16.4. The molecule has 1 aromatic carbocycles. The van der Waals surface area contributed by atoms with Crippen LogP contribution in [0, 0.1) is 13.8 Å². The Bertz CT molecular complexity index is 457. The Morgan fingerprint density at radius 1 is 1.47 bits per heavy atom. The maximum atomic E-state index is 10.9. The summed E-state index contributed by atoms with van der Waals surface area (Å²) in [7, 11) is 0. The van der Waals surface area contributed by atoms with E-state index in [4.69, 9.17) is 5.11 Å². The van der Waals surface area contributed by atoms with Gasteiger partial charge in [0.1, 0.15) is 0 Å². The fourth-order valence-electron chi connectivity index (χ4n) is 2.09. The second-order valence-corrected chi connectivity index (χ2v) is 4.71. The third-order valence-corrected chi connectivity index (χ3v) is 3.04. The van der Waals surface area contributed by atoms with Crippen molar-refractivity contribution in [3.63, 3.8) is 0 Å². The minimum atomic E-state index is -0.939. The Hall–Kier alpha value is -1.65. The van der Waals surface area contributed by atoms with Gasteiger partial charge in [0.2, 0.25) is 0 Å². The van der Waals surface area contributed by atoms with Crippen molar-refractivity contribution in [2.45, 2.75) is 32.4 Å². The minimum absolute atomic E-state index is 0.137. The molecule has 4 heteroatoms. The number of rotatable bonds is 7. The number of aliphatic carboxylic acids is 1. The van der Waals surface area contributed by atoms with Gasteiger partial charge in [-0.05, 0) is 25.0 Å². The quantitative estimate of drug-likeness (QED) is 0.658. The molecule has 19 heavy (non-hydrogen) atoms. The Morgan fingerprint density at radius 2 is 2.16 bits per heavy atom. The van der Waals surface area contributed by atoms with Crippen LogP contribution in [-0.2, 0) is 4.79 Å². The van der Waals surface area contributed by atoms with Crippen LogP contribution in [0.5, 0.6) is 0 Å². The van der Waals surface area contributed by atoms with Gasteiger partial charge in [0.15, 0.2) is 0 Å². The van der Waals surface area contributed by atoms with Gasteiger partial charge in [-0.2, -0.15) is 0 Å². The maximum Gasteiger partial charge on any atom is 0.305 e. The number of hydrogen-bond acceptors (Lipinski definition) is 3. The second kappa shape index (κ2) is 7.07. The summed E-state index contributed by atoms with van der Waals surface area (Å²) in [6, 6.07) is 5.21. The number of nitrogens with one attached hydrogen (secondary N) is 1. The third-order valence-electron chi connectivity index (χ3n) is 3.04. The fourth-order valence-corrected chi connectivity index (χ4v) is 2.09. The van der Waals surface area contributed by atoms with E-state index in [0.717, 1.165) is 16.7 Å². The minimum Gasteiger partial charge on any atom is -0.481 e. The van der Waals surface area contributed by atoms with Crippen molar-refractivity contribution in [2.75, 3.05) is 6.54 Å². The molecule has 0 heterocycles. The molecule has 3 N–H and O–H groups in total. The van der Waals surface area contributed by atoms with Gasteiger partial charge in [-0.1, -0.05) is 29.8 Å². The SMILES string of the molecule is C=CCNC(CC(=O)O)C(O)c1ccc(C)cc1C. The summed E-state index contributed by atoms with van der Waals surface area (Å²) >= 11 is 0. The summed E-state index contributed by atoms with van der Waals surface area (Å²) in [5, 5.41) is 22.3. The Kier molecular flexibility index (Phi) is 5.73. The molecule has 0 radical (unpaired) electrons. The van der Waals surface area contributed by atoms with Gasteiger partial charge in [-0.25, -0.2) is 0 Å². The average molecular weight is 263 g/mol. The zero-order valence-electron chi connectivity index (χ0n) is 11.4. The lowest BCUT2D eigenvalue weighted by molar-refractivity contribution is -0.138. The van der Waals surface area contributed by atoms with E-state index < -0.39 is 18.1 Å². The summed E-state index contributed by atoms with van der Waals surface area (Å²) in [5.74, 6) is -0.939. The van der Waals surface area contributed by atoms with E-state index in [2.05, 4.69) is 11.9 Å². The smallest absolute Gasteiger partial charge is 0.305 e. The molecule has 2 unspecified atom stereocenters. The van der Waals surface area contributed by atoms with E-state index in [1.165, 1.54) is 0 Å². The van der Waals surface area contributed by atoms with Crippen LogP contribution in [0.2, 0.25) is 0 Å². The van der Waals surface area contributed by atoms with E-state index in [0.29, 0.717) is 6.54 Å². The van der Waals surface area contributed by atoms with Crippen LogP contribution in [0.4, 0.5) is 0 Å². The lowest BCUT2D eigenvalue weighted by atomic mass is 9.94. The van der Waals surface area contributed by atoms with Gasteiger partial charge in [-0.3, -0.25) is 4.79 Å². The first-order valence-electron chi connectivity index (χ1n) is 6.27. The molecule has 2 atom stereocenters. The van der Waals surface area contributed by atoms with Crippen LogP contribution < -0.4 is 5.32 Å². The van der Waals surface area contributed by atoms with Crippen molar-refractivity contribution in [1.29, 1.82) is 0 Å². The van der Waals surface area contributed by atoms with E-state index >= 15 is 0 Å². The lowest BCUT2D eigenvalue weighted by Gasteiger charge is -2.24. The monoisotopic (exact) mass is 263 g/mol. The van der Waals surface area contributed by atoms with Crippen molar-refractivity contribution < 1.29 is 15.0 Å².